The Balaban J connectivity index is 2.35. The van der Waals surface area contributed by atoms with E-state index in [1.54, 1.807) is 0 Å². The third-order valence-corrected chi connectivity index (χ3v) is 3.17. The highest BCUT2D eigenvalue weighted by atomic mass is 16.5. The highest BCUT2D eigenvalue weighted by Crippen LogP contribution is 2.34. The van der Waals surface area contributed by atoms with Crippen molar-refractivity contribution in [3.05, 3.63) is 0 Å². The van der Waals surface area contributed by atoms with Crippen LogP contribution in [-0.2, 0) is 4.74 Å². The van der Waals surface area contributed by atoms with Crippen molar-refractivity contribution in [1.82, 2.24) is 5.32 Å². The molecule has 1 rings (SSSR count). The Hall–Kier alpha value is -0.0800. The summed E-state index contributed by atoms with van der Waals surface area (Å²) in [4.78, 5) is 0. The van der Waals surface area contributed by atoms with Gasteiger partial charge in [-0.15, -0.1) is 0 Å². The van der Waals surface area contributed by atoms with Gasteiger partial charge in [0.2, 0.25) is 0 Å². The first kappa shape index (κ1) is 13.0. The summed E-state index contributed by atoms with van der Waals surface area (Å²) in [5.41, 5.74) is 0. The van der Waals surface area contributed by atoms with Gasteiger partial charge in [-0.1, -0.05) is 26.7 Å². The summed E-state index contributed by atoms with van der Waals surface area (Å²) >= 11 is 0. The van der Waals surface area contributed by atoms with E-state index in [2.05, 4.69) is 26.1 Å². The summed E-state index contributed by atoms with van der Waals surface area (Å²) in [7, 11) is 0. The van der Waals surface area contributed by atoms with Gasteiger partial charge in [0.05, 0.1) is 6.10 Å². The number of rotatable bonds is 9. The van der Waals surface area contributed by atoms with Gasteiger partial charge in [0, 0.05) is 12.6 Å². The van der Waals surface area contributed by atoms with Crippen LogP contribution in [0.3, 0.4) is 0 Å². The van der Waals surface area contributed by atoms with Crippen LogP contribution in [0, 0.1) is 5.92 Å². The fourth-order valence-electron chi connectivity index (χ4n) is 2.14. The Morgan fingerprint density at radius 1 is 1.27 bits per heavy atom. The first-order valence-corrected chi connectivity index (χ1v) is 6.66. The molecule has 1 aliphatic rings. The SMILES string of the molecule is CCCNC(CC1CC1)C(CC)OCC. The van der Waals surface area contributed by atoms with E-state index in [1.165, 1.54) is 25.7 Å². The van der Waals surface area contributed by atoms with Gasteiger partial charge >= 0.3 is 0 Å². The fraction of sp³-hybridized carbons (Fsp3) is 1.00. The van der Waals surface area contributed by atoms with Crippen LogP contribution >= 0.6 is 0 Å². The second-order valence-corrected chi connectivity index (χ2v) is 4.64. The minimum Gasteiger partial charge on any atom is -0.377 e. The van der Waals surface area contributed by atoms with Crippen LogP contribution in [0.5, 0.6) is 0 Å². The Morgan fingerprint density at radius 3 is 2.47 bits per heavy atom. The smallest absolute Gasteiger partial charge is 0.0725 e. The van der Waals surface area contributed by atoms with Crippen molar-refractivity contribution >= 4 is 0 Å². The molecule has 2 atom stereocenters. The van der Waals surface area contributed by atoms with Crippen molar-refractivity contribution in [2.75, 3.05) is 13.2 Å². The predicted octanol–water partition coefficient (Wildman–Crippen LogP) is 2.97. The number of hydrogen-bond donors (Lipinski definition) is 1. The average molecular weight is 213 g/mol. The fourth-order valence-corrected chi connectivity index (χ4v) is 2.14. The van der Waals surface area contributed by atoms with Gasteiger partial charge in [0.25, 0.3) is 0 Å². The molecule has 0 heterocycles. The standard InChI is InChI=1S/C13H27NO/c1-4-9-14-12(10-11-7-8-11)13(5-2)15-6-3/h11-14H,4-10H2,1-3H3. The van der Waals surface area contributed by atoms with Crippen molar-refractivity contribution < 1.29 is 4.74 Å². The molecule has 0 saturated heterocycles. The molecule has 90 valence electrons. The molecule has 1 aliphatic carbocycles. The maximum atomic E-state index is 5.82. The zero-order chi connectivity index (χ0) is 11.1. The summed E-state index contributed by atoms with van der Waals surface area (Å²) in [5, 5.41) is 3.65. The molecule has 0 bridgehead atoms. The molecule has 0 aliphatic heterocycles. The van der Waals surface area contributed by atoms with Crippen LogP contribution in [0.4, 0.5) is 0 Å². The van der Waals surface area contributed by atoms with Gasteiger partial charge in [-0.25, -0.2) is 0 Å². The maximum absolute atomic E-state index is 5.82. The third kappa shape index (κ3) is 4.98. The summed E-state index contributed by atoms with van der Waals surface area (Å²) in [5.74, 6) is 0.980. The van der Waals surface area contributed by atoms with Gasteiger partial charge in [-0.3, -0.25) is 0 Å². The number of ether oxygens (including phenoxy) is 1. The van der Waals surface area contributed by atoms with E-state index in [-0.39, 0.29) is 0 Å². The number of hydrogen-bond acceptors (Lipinski definition) is 2. The normalized spacial score (nSPS) is 20.2. The summed E-state index contributed by atoms with van der Waals surface area (Å²) in [6, 6.07) is 0.586. The van der Waals surface area contributed by atoms with E-state index in [4.69, 9.17) is 4.74 Å². The highest BCUT2D eigenvalue weighted by Gasteiger charge is 2.29. The Labute approximate surface area is 94.8 Å². The lowest BCUT2D eigenvalue weighted by molar-refractivity contribution is 0.0282. The summed E-state index contributed by atoms with van der Waals surface area (Å²) in [6.07, 6.45) is 6.95. The zero-order valence-corrected chi connectivity index (χ0v) is 10.6. The zero-order valence-electron chi connectivity index (χ0n) is 10.6. The molecule has 1 saturated carbocycles. The van der Waals surface area contributed by atoms with Crippen LogP contribution in [0.15, 0.2) is 0 Å². The van der Waals surface area contributed by atoms with E-state index in [1.807, 2.05) is 0 Å². The van der Waals surface area contributed by atoms with E-state index in [0.29, 0.717) is 12.1 Å². The number of nitrogens with one attached hydrogen (secondary N) is 1. The lowest BCUT2D eigenvalue weighted by Gasteiger charge is -2.27. The molecule has 2 heteroatoms. The van der Waals surface area contributed by atoms with Crippen molar-refractivity contribution in [2.45, 2.75) is 65.0 Å². The van der Waals surface area contributed by atoms with E-state index < -0.39 is 0 Å². The maximum Gasteiger partial charge on any atom is 0.0725 e. The molecule has 0 aromatic carbocycles. The van der Waals surface area contributed by atoms with Gasteiger partial charge in [-0.05, 0) is 38.6 Å². The minimum absolute atomic E-state index is 0.419. The quantitative estimate of drug-likeness (QED) is 0.636. The van der Waals surface area contributed by atoms with E-state index >= 15 is 0 Å². The second-order valence-electron chi connectivity index (χ2n) is 4.64. The Morgan fingerprint density at radius 2 is 2.00 bits per heavy atom. The predicted molar refractivity (Wildman–Crippen MR) is 65.1 cm³/mol. The van der Waals surface area contributed by atoms with Gasteiger partial charge in [0.15, 0.2) is 0 Å². The van der Waals surface area contributed by atoms with Crippen LogP contribution in [0.1, 0.15) is 52.9 Å². The van der Waals surface area contributed by atoms with Crippen LogP contribution < -0.4 is 5.32 Å². The molecule has 0 radical (unpaired) electrons. The molecule has 1 N–H and O–H groups in total. The lowest BCUT2D eigenvalue weighted by atomic mass is 10.0. The molecule has 1 fully saturated rings. The molecular weight excluding hydrogens is 186 g/mol. The average Bonchev–Trinajstić information content (AvgIpc) is 3.05. The second kappa shape index (κ2) is 7.24. The highest BCUT2D eigenvalue weighted by molar-refractivity contribution is 4.84. The van der Waals surface area contributed by atoms with Gasteiger partial charge < -0.3 is 10.1 Å². The van der Waals surface area contributed by atoms with Crippen LogP contribution in [0.25, 0.3) is 0 Å². The summed E-state index contributed by atoms with van der Waals surface area (Å²) < 4.78 is 5.82. The Bertz CT molecular complexity index is 157. The monoisotopic (exact) mass is 213 g/mol. The van der Waals surface area contributed by atoms with Crippen LogP contribution in [-0.4, -0.2) is 25.3 Å². The van der Waals surface area contributed by atoms with Crippen molar-refractivity contribution in [1.29, 1.82) is 0 Å². The molecule has 0 spiro atoms. The van der Waals surface area contributed by atoms with E-state index in [0.717, 1.165) is 25.5 Å². The molecule has 0 aromatic rings. The molecule has 2 nitrogen and oxygen atoms in total. The third-order valence-electron chi connectivity index (χ3n) is 3.17. The van der Waals surface area contributed by atoms with Gasteiger partial charge in [0.1, 0.15) is 0 Å². The molecular formula is C13H27NO. The van der Waals surface area contributed by atoms with Crippen molar-refractivity contribution in [3.63, 3.8) is 0 Å². The minimum atomic E-state index is 0.419. The first-order valence-electron chi connectivity index (χ1n) is 6.66. The summed E-state index contributed by atoms with van der Waals surface area (Å²) in [6.45, 7) is 8.52. The topological polar surface area (TPSA) is 21.3 Å². The van der Waals surface area contributed by atoms with E-state index in [9.17, 15) is 0 Å². The molecule has 15 heavy (non-hydrogen) atoms. The molecule has 0 aromatic heterocycles. The Kier molecular flexibility index (Phi) is 6.26. The largest absolute Gasteiger partial charge is 0.377 e. The van der Waals surface area contributed by atoms with Crippen molar-refractivity contribution in [2.24, 2.45) is 5.92 Å². The van der Waals surface area contributed by atoms with Gasteiger partial charge in [-0.2, -0.15) is 0 Å². The molecule has 0 amide bonds. The van der Waals surface area contributed by atoms with Crippen molar-refractivity contribution in [3.8, 4) is 0 Å². The van der Waals surface area contributed by atoms with Crippen LogP contribution in [0.2, 0.25) is 0 Å². The molecule has 2 unspecified atom stereocenters. The first-order chi connectivity index (χ1) is 7.31. The lowest BCUT2D eigenvalue weighted by Crippen LogP contribution is -2.42.